The van der Waals surface area contributed by atoms with Gasteiger partial charge in [-0.3, -0.25) is 4.79 Å². The van der Waals surface area contributed by atoms with E-state index in [0.29, 0.717) is 0 Å². The predicted molar refractivity (Wildman–Crippen MR) is 85.6 cm³/mol. The molecule has 2 N–H and O–H groups in total. The lowest BCUT2D eigenvalue weighted by Crippen LogP contribution is -2.32. The largest absolute Gasteiger partial charge is 0.459 e. The fourth-order valence-corrected chi connectivity index (χ4v) is 2.70. The van der Waals surface area contributed by atoms with Crippen LogP contribution in [0, 0.1) is 5.41 Å². The van der Waals surface area contributed by atoms with Crippen molar-refractivity contribution in [3.8, 4) is 0 Å². The lowest BCUT2D eigenvalue weighted by Gasteiger charge is -2.28. The summed E-state index contributed by atoms with van der Waals surface area (Å²) in [6, 6.07) is 0. The Morgan fingerprint density at radius 1 is 0.900 bits per heavy atom. The van der Waals surface area contributed by atoms with E-state index in [1.165, 1.54) is 25.7 Å². The molecule has 0 saturated carbocycles. The van der Waals surface area contributed by atoms with Crippen molar-refractivity contribution in [2.75, 3.05) is 0 Å². The number of unbranched alkanes of at least 4 members (excludes halogenated alkanes) is 6. The summed E-state index contributed by atoms with van der Waals surface area (Å²) in [5.74, 6) is 0.0131. The Balaban J connectivity index is 4.32. The zero-order valence-corrected chi connectivity index (χ0v) is 13.7. The highest BCUT2D eigenvalue weighted by Gasteiger charge is 2.33. The van der Waals surface area contributed by atoms with Gasteiger partial charge in [0, 0.05) is 11.7 Å². The van der Waals surface area contributed by atoms with E-state index >= 15 is 0 Å². The molecule has 0 spiro atoms. The van der Waals surface area contributed by atoms with E-state index in [0.717, 1.165) is 38.5 Å². The second-order valence-corrected chi connectivity index (χ2v) is 6.29. The highest BCUT2D eigenvalue weighted by atomic mass is 16.4. The third kappa shape index (κ3) is 8.75. The van der Waals surface area contributed by atoms with Crippen LogP contribution in [0.3, 0.4) is 0 Å². The molecule has 0 aliphatic rings. The number of rotatable bonds is 13. The first-order valence-electron chi connectivity index (χ1n) is 8.35. The minimum absolute atomic E-state index is 0.0131. The van der Waals surface area contributed by atoms with Gasteiger partial charge < -0.3 is 10.0 Å². The van der Waals surface area contributed by atoms with Gasteiger partial charge in [-0.25, -0.2) is 0 Å². The summed E-state index contributed by atoms with van der Waals surface area (Å²) in [6.45, 7) is 6.36. The number of hydrogen-bond donors (Lipinski definition) is 2. The maximum absolute atomic E-state index is 12.3. The molecule has 0 radical (unpaired) electrons. The molecule has 0 rings (SSSR count). The summed E-state index contributed by atoms with van der Waals surface area (Å²) >= 11 is 0. The molecule has 1 unspecified atom stereocenters. The van der Waals surface area contributed by atoms with Crippen LogP contribution in [0.25, 0.3) is 0 Å². The van der Waals surface area contributed by atoms with Gasteiger partial charge >= 0.3 is 7.12 Å². The van der Waals surface area contributed by atoms with Gasteiger partial charge in [0.1, 0.15) is 5.78 Å². The average Bonchev–Trinajstić information content (AvgIpc) is 2.38. The monoisotopic (exact) mass is 284 g/mol. The van der Waals surface area contributed by atoms with Crippen LogP contribution in [0.15, 0.2) is 0 Å². The van der Waals surface area contributed by atoms with Crippen LogP contribution in [0.4, 0.5) is 0 Å². The van der Waals surface area contributed by atoms with Crippen LogP contribution >= 0.6 is 0 Å². The molecule has 0 aromatic carbocycles. The van der Waals surface area contributed by atoms with Crippen molar-refractivity contribution in [3.63, 3.8) is 0 Å². The Hall–Kier alpha value is -0.345. The standard InChI is InChI=1S/C16H33BO3/c1-4-6-8-9-11-13-16(3,12-10-7-5-2)15(18)14-17(19)20/h19-20H,4-14H2,1-3H3. The maximum atomic E-state index is 12.3. The first-order chi connectivity index (χ1) is 9.46. The van der Waals surface area contributed by atoms with Gasteiger partial charge in [-0.2, -0.15) is 0 Å². The van der Waals surface area contributed by atoms with Crippen molar-refractivity contribution in [2.45, 2.75) is 91.3 Å². The van der Waals surface area contributed by atoms with Crippen LogP contribution < -0.4 is 0 Å². The summed E-state index contributed by atoms with van der Waals surface area (Å²) in [7, 11) is -1.51. The molecule has 3 nitrogen and oxygen atoms in total. The Labute approximate surface area is 125 Å². The highest BCUT2D eigenvalue weighted by Crippen LogP contribution is 2.33. The molecule has 0 aliphatic heterocycles. The van der Waals surface area contributed by atoms with E-state index in [4.69, 9.17) is 10.0 Å². The van der Waals surface area contributed by atoms with E-state index in [1.54, 1.807) is 0 Å². The molecule has 118 valence electrons. The number of carbonyl (C=O) groups excluding carboxylic acids is 1. The van der Waals surface area contributed by atoms with E-state index in [1.807, 2.05) is 6.92 Å². The molecule has 0 aromatic rings. The Kier molecular flexibility index (Phi) is 11.1. The quantitative estimate of drug-likeness (QED) is 0.397. The molecule has 0 bridgehead atoms. The van der Waals surface area contributed by atoms with Crippen LogP contribution in [0.1, 0.15) is 85.0 Å². The zero-order chi connectivity index (χ0) is 15.4. The Morgan fingerprint density at radius 3 is 1.85 bits per heavy atom. The van der Waals surface area contributed by atoms with Crippen LogP contribution in [-0.4, -0.2) is 22.9 Å². The number of hydrogen-bond acceptors (Lipinski definition) is 3. The van der Waals surface area contributed by atoms with E-state index in [9.17, 15) is 4.79 Å². The van der Waals surface area contributed by atoms with Gasteiger partial charge in [-0.1, -0.05) is 72.1 Å². The van der Waals surface area contributed by atoms with Crippen molar-refractivity contribution in [1.29, 1.82) is 0 Å². The number of Topliss-reactive ketones (excluding diaryl/α,β-unsaturated/α-hetero) is 1. The third-order valence-electron chi connectivity index (χ3n) is 4.21. The van der Waals surface area contributed by atoms with Crippen LogP contribution in [0.2, 0.25) is 6.32 Å². The molecule has 4 heteroatoms. The third-order valence-corrected chi connectivity index (χ3v) is 4.21. The fraction of sp³-hybridized carbons (Fsp3) is 0.938. The Bertz CT molecular complexity index is 256. The molecule has 0 aliphatic carbocycles. The molecule has 0 saturated heterocycles. The molecular formula is C16H33BO3. The lowest BCUT2D eigenvalue weighted by molar-refractivity contribution is -0.126. The smallest absolute Gasteiger partial charge is 0.427 e. The minimum Gasteiger partial charge on any atom is -0.427 e. The summed E-state index contributed by atoms with van der Waals surface area (Å²) in [4.78, 5) is 12.3. The van der Waals surface area contributed by atoms with Crippen molar-refractivity contribution < 1.29 is 14.8 Å². The van der Waals surface area contributed by atoms with Gasteiger partial charge in [-0.05, 0) is 12.8 Å². The summed E-state index contributed by atoms with van der Waals surface area (Å²) < 4.78 is 0. The lowest BCUT2D eigenvalue weighted by atomic mass is 9.69. The summed E-state index contributed by atoms with van der Waals surface area (Å²) in [5, 5.41) is 18.1. The summed E-state index contributed by atoms with van der Waals surface area (Å²) in [6.07, 6.45) is 10.9. The topological polar surface area (TPSA) is 57.5 Å². The minimum atomic E-state index is -1.51. The van der Waals surface area contributed by atoms with Crippen LogP contribution in [0.5, 0.6) is 0 Å². The number of carbonyl (C=O) groups is 1. The average molecular weight is 284 g/mol. The van der Waals surface area contributed by atoms with Gasteiger partial charge in [0.15, 0.2) is 0 Å². The van der Waals surface area contributed by atoms with Crippen molar-refractivity contribution in [2.24, 2.45) is 5.41 Å². The van der Waals surface area contributed by atoms with E-state index in [2.05, 4.69) is 13.8 Å². The van der Waals surface area contributed by atoms with Gasteiger partial charge in [0.2, 0.25) is 0 Å². The Morgan fingerprint density at radius 2 is 1.35 bits per heavy atom. The first-order valence-corrected chi connectivity index (χ1v) is 8.35. The zero-order valence-electron chi connectivity index (χ0n) is 13.7. The van der Waals surface area contributed by atoms with Gasteiger partial charge in [-0.15, -0.1) is 0 Å². The molecule has 0 fully saturated rings. The normalized spacial score (nSPS) is 14.1. The van der Waals surface area contributed by atoms with Crippen molar-refractivity contribution in [1.82, 2.24) is 0 Å². The van der Waals surface area contributed by atoms with E-state index < -0.39 is 7.12 Å². The molecule has 0 aromatic heterocycles. The predicted octanol–water partition coefficient (Wildman–Crippen LogP) is 3.98. The maximum Gasteiger partial charge on any atom is 0.459 e. The molecule has 0 heterocycles. The molecule has 0 amide bonds. The van der Waals surface area contributed by atoms with Crippen molar-refractivity contribution >= 4 is 12.9 Å². The number of ketones is 1. The first kappa shape index (κ1) is 19.7. The highest BCUT2D eigenvalue weighted by molar-refractivity contribution is 6.46. The molecular weight excluding hydrogens is 251 g/mol. The summed E-state index contributed by atoms with van der Waals surface area (Å²) in [5.41, 5.74) is -0.370. The van der Waals surface area contributed by atoms with Crippen molar-refractivity contribution in [3.05, 3.63) is 0 Å². The second-order valence-electron chi connectivity index (χ2n) is 6.29. The second kappa shape index (κ2) is 11.3. The SMILES string of the molecule is CCCCCCCC(C)(CCCCC)C(=O)CB(O)O. The molecule has 1 atom stereocenters. The van der Waals surface area contributed by atoms with E-state index in [-0.39, 0.29) is 17.5 Å². The van der Waals surface area contributed by atoms with Gasteiger partial charge in [0.25, 0.3) is 0 Å². The van der Waals surface area contributed by atoms with Crippen LogP contribution in [-0.2, 0) is 4.79 Å². The van der Waals surface area contributed by atoms with Gasteiger partial charge in [0.05, 0.1) is 0 Å². The molecule has 20 heavy (non-hydrogen) atoms. The fourth-order valence-electron chi connectivity index (χ4n) is 2.70.